The molecule has 0 aromatic carbocycles. The highest BCUT2D eigenvalue weighted by molar-refractivity contribution is 5.78. The number of H-pyrrole nitrogens is 1. The number of pyridine rings is 1. The molecule has 4 nitrogen and oxygen atoms in total. The Labute approximate surface area is 80.9 Å². The molecule has 0 aliphatic carbocycles. The van der Waals surface area contributed by atoms with Crippen LogP contribution in [0.3, 0.4) is 0 Å². The lowest BCUT2D eigenvalue weighted by Crippen LogP contribution is -1.80. The molecule has 0 fully saturated rings. The molecule has 14 heavy (non-hydrogen) atoms. The van der Waals surface area contributed by atoms with E-state index in [-0.39, 0.29) is 0 Å². The molecule has 0 aliphatic heterocycles. The van der Waals surface area contributed by atoms with Crippen LogP contribution in [0.25, 0.3) is 16.6 Å². The van der Waals surface area contributed by atoms with Crippen molar-refractivity contribution in [2.75, 3.05) is 0 Å². The molecule has 4 heteroatoms. The fraction of sp³-hybridized carbons (Fsp3) is 0.100. The fourth-order valence-electron chi connectivity index (χ4n) is 1.17. The molecule has 0 amide bonds. The molecule has 1 N–H and O–H groups in total. The summed E-state index contributed by atoms with van der Waals surface area (Å²) in [4.78, 5) is 11.3. The fourth-order valence-corrected chi connectivity index (χ4v) is 1.17. The molecule has 68 valence electrons. The largest absolute Gasteiger partial charge is 0.337 e. The van der Waals surface area contributed by atoms with Crippen LogP contribution < -0.4 is 0 Å². The second-order valence-corrected chi connectivity index (χ2v) is 3.06. The first-order chi connectivity index (χ1) is 6.70. The second-order valence-electron chi connectivity index (χ2n) is 3.06. The summed E-state index contributed by atoms with van der Waals surface area (Å²) < 4.78 is 0. The first kappa shape index (κ1) is 8.45. The van der Waals surface area contributed by atoms with Crippen molar-refractivity contribution in [3.63, 3.8) is 0 Å². The third-order valence-corrected chi connectivity index (χ3v) is 1.89. The summed E-state index contributed by atoms with van der Waals surface area (Å²) in [5.41, 5.74) is 2.80. The molecule has 0 spiro atoms. The van der Waals surface area contributed by atoms with Crippen LogP contribution in [0.4, 0.5) is 0 Å². The quantitative estimate of drug-likeness (QED) is 0.735. The summed E-state index contributed by atoms with van der Waals surface area (Å²) >= 11 is 0. The maximum atomic E-state index is 8.65. The van der Waals surface area contributed by atoms with E-state index in [0.717, 1.165) is 22.4 Å². The minimum atomic E-state index is 0.372. The van der Waals surface area contributed by atoms with Gasteiger partial charge in [-0.15, -0.1) is 0 Å². The zero-order valence-electron chi connectivity index (χ0n) is 7.70. The lowest BCUT2D eigenvalue weighted by molar-refractivity contribution is 1.25. The number of nitrogens with zero attached hydrogens (tertiary/aromatic N) is 3. The van der Waals surface area contributed by atoms with Crippen LogP contribution >= 0.6 is 0 Å². The van der Waals surface area contributed by atoms with Crippen LogP contribution in [0.1, 0.15) is 18.4 Å². The van der Waals surface area contributed by atoms with E-state index in [0.29, 0.717) is 5.69 Å². The van der Waals surface area contributed by atoms with Crippen molar-refractivity contribution in [2.45, 2.75) is 6.92 Å². The number of fused-ring (bicyclic) bond motifs is 1. The van der Waals surface area contributed by atoms with Crippen LogP contribution in [-0.2, 0) is 0 Å². The predicted molar refractivity (Wildman–Crippen MR) is 53.3 cm³/mol. The summed E-state index contributed by atoms with van der Waals surface area (Å²) in [6, 6.07) is 3.62. The van der Waals surface area contributed by atoms with E-state index in [1.807, 2.05) is 13.0 Å². The summed E-state index contributed by atoms with van der Waals surface area (Å²) in [5, 5.41) is 8.65. The second kappa shape index (κ2) is 2.96. The van der Waals surface area contributed by atoms with E-state index in [4.69, 9.17) is 5.26 Å². The van der Waals surface area contributed by atoms with Crippen LogP contribution in [0.2, 0.25) is 0 Å². The number of imidazole rings is 1. The van der Waals surface area contributed by atoms with Gasteiger partial charge in [0.05, 0.1) is 17.2 Å². The van der Waals surface area contributed by atoms with E-state index < -0.39 is 0 Å². The maximum absolute atomic E-state index is 8.65. The molecular formula is C10H8N4. The molecule has 0 aliphatic rings. The summed E-state index contributed by atoms with van der Waals surface area (Å²) in [5.74, 6) is 0.733. The predicted octanol–water partition coefficient (Wildman–Crippen LogP) is 1.86. The van der Waals surface area contributed by atoms with Crippen molar-refractivity contribution >= 4 is 16.6 Å². The van der Waals surface area contributed by atoms with Crippen molar-refractivity contribution in [2.24, 2.45) is 0 Å². The minimum absolute atomic E-state index is 0.372. The first-order valence-electron chi connectivity index (χ1n) is 4.12. The van der Waals surface area contributed by atoms with E-state index in [1.54, 1.807) is 12.3 Å². The van der Waals surface area contributed by atoms with Crippen molar-refractivity contribution in [3.05, 3.63) is 30.4 Å². The monoisotopic (exact) mass is 184 g/mol. The van der Waals surface area contributed by atoms with Crippen LogP contribution in [-0.4, -0.2) is 15.0 Å². The van der Waals surface area contributed by atoms with Gasteiger partial charge in [0.2, 0.25) is 0 Å². The van der Waals surface area contributed by atoms with Gasteiger partial charge in [-0.3, -0.25) is 0 Å². The molecule has 0 radical (unpaired) electrons. The summed E-state index contributed by atoms with van der Waals surface area (Å²) in [7, 11) is 0. The number of aromatic amines is 1. The van der Waals surface area contributed by atoms with E-state index in [1.165, 1.54) is 0 Å². The highest BCUT2D eigenvalue weighted by Crippen LogP contribution is 2.14. The average molecular weight is 184 g/mol. The van der Waals surface area contributed by atoms with Crippen molar-refractivity contribution in [1.29, 1.82) is 5.26 Å². The Kier molecular flexibility index (Phi) is 1.79. The Morgan fingerprint density at radius 1 is 1.64 bits per heavy atom. The number of hydrogen-bond acceptors (Lipinski definition) is 3. The molecule has 0 bridgehead atoms. The van der Waals surface area contributed by atoms with E-state index in [9.17, 15) is 0 Å². The molecule has 2 heterocycles. The lowest BCUT2D eigenvalue weighted by Gasteiger charge is -1.87. The van der Waals surface area contributed by atoms with Gasteiger partial charge in [-0.05, 0) is 12.5 Å². The smallest absolute Gasteiger partial charge is 0.142 e. The number of hydrogen-bond donors (Lipinski definition) is 1. The summed E-state index contributed by atoms with van der Waals surface area (Å²) in [6.45, 7) is 5.66. The normalized spacial score (nSPS) is 10.0. The molecule has 2 aromatic rings. The molecule has 0 atom stereocenters. The molecule has 2 rings (SSSR count). The van der Waals surface area contributed by atoms with Crippen LogP contribution in [0, 0.1) is 11.3 Å². The van der Waals surface area contributed by atoms with Gasteiger partial charge in [-0.2, -0.15) is 5.26 Å². The van der Waals surface area contributed by atoms with Crippen molar-refractivity contribution in [3.8, 4) is 6.07 Å². The highest BCUT2D eigenvalue weighted by Gasteiger charge is 2.04. The number of aromatic nitrogens is 3. The lowest BCUT2D eigenvalue weighted by atomic mass is 10.3. The number of allylic oxidation sites excluding steroid dienone is 1. The zero-order chi connectivity index (χ0) is 10.1. The molecule has 2 aromatic heterocycles. The minimum Gasteiger partial charge on any atom is -0.337 e. The Hall–Kier alpha value is -2.15. The van der Waals surface area contributed by atoms with E-state index in [2.05, 4.69) is 21.5 Å². The summed E-state index contributed by atoms with van der Waals surface area (Å²) in [6.07, 6.45) is 1.60. The Balaban J connectivity index is 2.67. The Morgan fingerprint density at radius 2 is 2.43 bits per heavy atom. The van der Waals surface area contributed by atoms with Crippen LogP contribution in [0.15, 0.2) is 18.8 Å². The number of nitriles is 1. The Bertz CT molecular complexity index is 545. The van der Waals surface area contributed by atoms with Gasteiger partial charge in [0.1, 0.15) is 17.6 Å². The van der Waals surface area contributed by atoms with Gasteiger partial charge in [-0.1, -0.05) is 6.58 Å². The van der Waals surface area contributed by atoms with Gasteiger partial charge in [-0.25, -0.2) is 9.97 Å². The molecule has 0 saturated carbocycles. The number of rotatable bonds is 1. The van der Waals surface area contributed by atoms with Gasteiger partial charge >= 0.3 is 0 Å². The average Bonchev–Trinajstić information content (AvgIpc) is 2.59. The topological polar surface area (TPSA) is 65.4 Å². The van der Waals surface area contributed by atoms with Crippen molar-refractivity contribution < 1.29 is 0 Å². The molecule has 0 saturated heterocycles. The van der Waals surface area contributed by atoms with Gasteiger partial charge < -0.3 is 4.98 Å². The van der Waals surface area contributed by atoms with Crippen molar-refractivity contribution in [1.82, 2.24) is 15.0 Å². The van der Waals surface area contributed by atoms with Gasteiger partial charge in [0.15, 0.2) is 0 Å². The zero-order valence-corrected chi connectivity index (χ0v) is 7.70. The first-order valence-corrected chi connectivity index (χ1v) is 4.12. The third-order valence-electron chi connectivity index (χ3n) is 1.89. The number of nitrogens with one attached hydrogen (secondary N) is 1. The Morgan fingerprint density at radius 3 is 3.07 bits per heavy atom. The SMILES string of the molecule is C=C(C)c1nc2cc(C#N)ncc2[nH]1. The highest BCUT2D eigenvalue weighted by atomic mass is 14.9. The molecular weight excluding hydrogens is 176 g/mol. The standard InChI is InChI=1S/C10H8N4/c1-6(2)10-13-8-3-7(4-11)12-5-9(8)14-10/h3,5H,1H2,2H3,(H,13,14). The molecule has 0 unspecified atom stereocenters. The third kappa shape index (κ3) is 1.25. The van der Waals surface area contributed by atoms with E-state index >= 15 is 0 Å². The van der Waals surface area contributed by atoms with Gasteiger partial charge in [0.25, 0.3) is 0 Å². The van der Waals surface area contributed by atoms with Crippen LogP contribution in [0.5, 0.6) is 0 Å². The maximum Gasteiger partial charge on any atom is 0.142 e. The van der Waals surface area contributed by atoms with Gasteiger partial charge in [0, 0.05) is 6.07 Å².